The first kappa shape index (κ1) is 16.8. The van der Waals surface area contributed by atoms with Gasteiger partial charge in [-0.05, 0) is 35.8 Å². The van der Waals surface area contributed by atoms with Crippen molar-refractivity contribution in [3.8, 4) is 0 Å². The second-order valence-electron chi connectivity index (χ2n) is 6.52. The average Bonchev–Trinajstić information content (AvgIpc) is 2.55. The Labute approximate surface area is 140 Å². The van der Waals surface area contributed by atoms with Gasteiger partial charge in [-0.1, -0.05) is 54.6 Å². The molecule has 0 fully saturated rings. The third-order valence-electron chi connectivity index (χ3n) is 4.76. The molecule has 0 spiro atoms. The molecule has 2 nitrogen and oxygen atoms in total. The van der Waals surface area contributed by atoms with Crippen LogP contribution in [0, 0.1) is 0 Å². The molecule has 126 valence electrons. The zero-order chi connectivity index (χ0) is 17.4. The van der Waals surface area contributed by atoms with Crippen LogP contribution in [0.25, 0.3) is 0 Å². The molecule has 0 saturated heterocycles. The van der Waals surface area contributed by atoms with Crippen LogP contribution in [0.4, 0.5) is 8.78 Å². The molecule has 0 amide bonds. The van der Waals surface area contributed by atoms with Gasteiger partial charge in [0, 0.05) is 18.3 Å². The number of alkyl halides is 2. The molecule has 1 aromatic rings. The molecule has 0 radical (unpaired) electrons. The minimum atomic E-state index is -2.34. The smallest absolute Gasteiger partial charge is 0.229 e. The van der Waals surface area contributed by atoms with Gasteiger partial charge in [-0.3, -0.25) is 0 Å². The standard InChI is InChI=1S/C20H20F2O2/c1-18(15-5-3-2-4-6-15,16-7-11-19(21,23)12-8-16)17-9-13-20(22,24)14-10-17/h2-11,13,23-24H,12,14H2,1H3. The zero-order valence-corrected chi connectivity index (χ0v) is 13.4. The lowest BCUT2D eigenvalue weighted by molar-refractivity contribution is -0.0393. The highest BCUT2D eigenvalue weighted by atomic mass is 19.2. The number of hydrogen-bond donors (Lipinski definition) is 2. The van der Waals surface area contributed by atoms with Gasteiger partial charge in [-0.25, -0.2) is 8.78 Å². The van der Waals surface area contributed by atoms with Crippen LogP contribution in [0.1, 0.15) is 25.3 Å². The lowest BCUT2D eigenvalue weighted by Gasteiger charge is -2.37. The lowest BCUT2D eigenvalue weighted by Crippen LogP contribution is -2.32. The maximum absolute atomic E-state index is 13.7. The molecule has 2 unspecified atom stereocenters. The predicted octanol–water partition coefficient (Wildman–Crippen LogP) is 4.03. The maximum Gasteiger partial charge on any atom is 0.229 e. The summed E-state index contributed by atoms with van der Waals surface area (Å²) in [5.41, 5.74) is 1.96. The maximum atomic E-state index is 13.7. The van der Waals surface area contributed by atoms with Crippen molar-refractivity contribution in [3.63, 3.8) is 0 Å². The van der Waals surface area contributed by atoms with Crippen LogP contribution in [0.15, 0.2) is 77.9 Å². The number of benzene rings is 1. The Morgan fingerprint density at radius 1 is 0.875 bits per heavy atom. The van der Waals surface area contributed by atoms with E-state index in [2.05, 4.69) is 0 Å². The molecule has 0 saturated carbocycles. The van der Waals surface area contributed by atoms with Crippen molar-refractivity contribution >= 4 is 0 Å². The molecular formula is C20H20F2O2. The zero-order valence-electron chi connectivity index (χ0n) is 13.4. The van der Waals surface area contributed by atoms with Crippen LogP contribution >= 0.6 is 0 Å². The fraction of sp³-hybridized carbons (Fsp3) is 0.300. The highest BCUT2D eigenvalue weighted by Gasteiger charge is 2.38. The van der Waals surface area contributed by atoms with E-state index < -0.39 is 17.1 Å². The molecule has 2 atom stereocenters. The van der Waals surface area contributed by atoms with Crippen molar-refractivity contribution in [1.82, 2.24) is 0 Å². The Balaban J connectivity index is 2.07. The van der Waals surface area contributed by atoms with Gasteiger partial charge in [0.1, 0.15) is 0 Å². The largest absolute Gasteiger partial charge is 0.358 e. The number of aliphatic hydroxyl groups is 2. The summed E-state index contributed by atoms with van der Waals surface area (Å²) in [6.07, 6.45) is 8.49. The van der Waals surface area contributed by atoms with Crippen molar-refractivity contribution in [2.45, 2.75) is 36.9 Å². The third kappa shape index (κ3) is 3.12. The highest BCUT2D eigenvalue weighted by molar-refractivity contribution is 5.55. The molecule has 1 aromatic carbocycles. The van der Waals surface area contributed by atoms with Crippen LogP contribution in [0.2, 0.25) is 0 Å². The SMILES string of the molecule is CC(C1=CCC(O)(F)C=C1)(C1=CCC(O)(F)C=C1)c1ccccc1. The summed E-state index contributed by atoms with van der Waals surface area (Å²) in [5, 5.41) is 19.0. The molecule has 0 aromatic heterocycles. The number of halogens is 2. The third-order valence-corrected chi connectivity index (χ3v) is 4.76. The Kier molecular flexibility index (Phi) is 4.06. The van der Waals surface area contributed by atoms with E-state index in [9.17, 15) is 19.0 Å². The van der Waals surface area contributed by atoms with E-state index in [1.807, 2.05) is 37.3 Å². The van der Waals surface area contributed by atoms with E-state index in [0.717, 1.165) is 28.9 Å². The fourth-order valence-corrected chi connectivity index (χ4v) is 3.23. The quantitative estimate of drug-likeness (QED) is 0.878. The van der Waals surface area contributed by atoms with Gasteiger partial charge in [-0.2, -0.15) is 0 Å². The lowest BCUT2D eigenvalue weighted by atomic mass is 9.67. The molecule has 0 heterocycles. The topological polar surface area (TPSA) is 40.5 Å². The first-order valence-electron chi connectivity index (χ1n) is 7.91. The first-order chi connectivity index (χ1) is 11.2. The van der Waals surface area contributed by atoms with E-state index in [1.54, 1.807) is 24.3 Å². The van der Waals surface area contributed by atoms with Crippen molar-refractivity contribution in [2.24, 2.45) is 0 Å². The van der Waals surface area contributed by atoms with Crippen molar-refractivity contribution in [3.05, 3.63) is 83.5 Å². The Hall–Kier alpha value is -2.04. The summed E-state index contributed by atoms with van der Waals surface area (Å²) in [4.78, 5) is 0. The molecular weight excluding hydrogens is 310 g/mol. The highest BCUT2D eigenvalue weighted by Crippen LogP contribution is 2.44. The first-order valence-corrected chi connectivity index (χ1v) is 7.91. The molecule has 0 aliphatic heterocycles. The van der Waals surface area contributed by atoms with Gasteiger partial charge in [-0.15, -0.1) is 0 Å². The molecule has 3 rings (SSSR count). The van der Waals surface area contributed by atoms with Gasteiger partial charge >= 0.3 is 0 Å². The normalized spacial score (nSPS) is 32.0. The second-order valence-corrected chi connectivity index (χ2v) is 6.52. The molecule has 4 heteroatoms. The van der Waals surface area contributed by atoms with Gasteiger partial charge in [0.2, 0.25) is 11.7 Å². The van der Waals surface area contributed by atoms with Gasteiger partial charge in [0.05, 0.1) is 0 Å². The van der Waals surface area contributed by atoms with Crippen LogP contribution in [0.3, 0.4) is 0 Å². The summed E-state index contributed by atoms with van der Waals surface area (Å²) in [7, 11) is 0. The number of hydrogen-bond acceptors (Lipinski definition) is 2. The van der Waals surface area contributed by atoms with E-state index >= 15 is 0 Å². The minimum absolute atomic E-state index is 0.134. The summed E-state index contributed by atoms with van der Waals surface area (Å²) in [5.74, 6) is -4.67. The summed E-state index contributed by atoms with van der Waals surface area (Å²) < 4.78 is 27.4. The monoisotopic (exact) mass is 330 g/mol. The van der Waals surface area contributed by atoms with E-state index in [0.29, 0.717) is 0 Å². The Bertz CT molecular complexity index is 698. The van der Waals surface area contributed by atoms with E-state index in [4.69, 9.17) is 0 Å². The van der Waals surface area contributed by atoms with Crippen molar-refractivity contribution in [2.75, 3.05) is 0 Å². The van der Waals surface area contributed by atoms with Crippen LogP contribution in [0.5, 0.6) is 0 Å². The average molecular weight is 330 g/mol. The minimum Gasteiger partial charge on any atom is -0.358 e. The Morgan fingerprint density at radius 3 is 1.71 bits per heavy atom. The summed E-state index contributed by atoms with van der Waals surface area (Å²) >= 11 is 0. The molecule has 2 N–H and O–H groups in total. The van der Waals surface area contributed by atoms with Crippen molar-refractivity contribution < 1.29 is 19.0 Å². The van der Waals surface area contributed by atoms with Gasteiger partial charge in [0.15, 0.2) is 0 Å². The van der Waals surface area contributed by atoms with E-state index in [-0.39, 0.29) is 12.8 Å². The Morgan fingerprint density at radius 2 is 1.33 bits per heavy atom. The van der Waals surface area contributed by atoms with E-state index in [1.165, 1.54) is 0 Å². The van der Waals surface area contributed by atoms with Crippen LogP contribution in [-0.4, -0.2) is 21.9 Å². The second kappa shape index (κ2) is 5.80. The predicted molar refractivity (Wildman–Crippen MR) is 89.6 cm³/mol. The summed E-state index contributed by atoms with van der Waals surface area (Å²) in [6.45, 7) is 1.97. The molecule has 2 aliphatic rings. The van der Waals surface area contributed by atoms with Crippen molar-refractivity contribution in [1.29, 1.82) is 0 Å². The molecule has 0 bridgehead atoms. The van der Waals surface area contributed by atoms with Gasteiger partial charge < -0.3 is 10.2 Å². The number of rotatable bonds is 3. The van der Waals surface area contributed by atoms with Crippen LogP contribution in [-0.2, 0) is 5.41 Å². The molecule has 24 heavy (non-hydrogen) atoms. The van der Waals surface area contributed by atoms with Crippen LogP contribution < -0.4 is 0 Å². The number of allylic oxidation sites excluding steroid dienone is 4. The molecule has 2 aliphatic carbocycles. The van der Waals surface area contributed by atoms with Gasteiger partial charge in [0.25, 0.3) is 0 Å². The fourth-order valence-electron chi connectivity index (χ4n) is 3.23. The summed E-state index contributed by atoms with van der Waals surface area (Å²) in [6, 6.07) is 9.63.